The highest BCUT2D eigenvalue weighted by atomic mass is 35.5. The maximum atomic E-state index is 12.0. The summed E-state index contributed by atoms with van der Waals surface area (Å²) in [5.41, 5.74) is 2.34. The number of hydrogen-bond donors (Lipinski definition) is 3. The number of carbonyl (C=O) groups is 3. The van der Waals surface area contributed by atoms with Gasteiger partial charge in [0.15, 0.2) is 0 Å². The minimum absolute atomic E-state index is 0.211. The molecule has 0 aliphatic rings. The van der Waals surface area contributed by atoms with Crippen LogP contribution in [-0.2, 0) is 9.53 Å². The van der Waals surface area contributed by atoms with Gasteiger partial charge in [0.2, 0.25) is 0 Å². The van der Waals surface area contributed by atoms with E-state index >= 15 is 0 Å². The number of halogens is 1. The molecule has 0 saturated carbocycles. The molecule has 0 bridgehead atoms. The largest absolute Gasteiger partial charge is 0.468 e. The summed E-state index contributed by atoms with van der Waals surface area (Å²) >= 11 is 6.02. The van der Waals surface area contributed by atoms with E-state index in [4.69, 9.17) is 11.6 Å². The van der Waals surface area contributed by atoms with Crippen LogP contribution in [0.15, 0.2) is 42.5 Å². The molecule has 2 aromatic rings. The van der Waals surface area contributed by atoms with E-state index in [1.807, 2.05) is 6.92 Å². The monoisotopic (exact) mass is 375 g/mol. The maximum Gasteiger partial charge on any atom is 0.325 e. The molecule has 3 amide bonds. The molecule has 0 radical (unpaired) electrons. The number of rotatable bonds is 5. The molecule has 0 heterocycles. The van der Waals surface area contributed by atoms with Crippen molar-refractivity contribution in [3.8, 4) is 0 Å². The smallest absolute Gasteiger partial charge is 0.325 e. The summed E-state index contributed by atoms with van der Waals surface area (Å²) in [6.45, 7) is 1.66. The van der Waals surface area contributed by atoms with Gasteiger partial charge in [0, 0.05) is 22.0 Å². The number of amides is 3. The van der Waals surface area contributed by atoms with Crippen LogP contribution in [0.5, 0.6) is 0 Å². The summed E-state index contributed by atoms with van der Waals surface area (Å²) < 4.78 is 4.45. The first-order valence-corrected chi connectivity index (χ1v) is 8.06. The number of esters is 1. The van der Waals surface area contributed by atoms with E-state index in [1.165, 1.54) is 19.2 Å². The predicted molar refractivity (Wildman–Crippen MR) is 99.6 cm³/mol. The summed E-state index contributed by atoms with van der Waals surface area (Å²) in [7, 11) is 1.24. The average Bonchev–Trinajstić information content (AvgIpc) is 2.63. The zero-order chi connectivity index (χ0) is 19.1. The molecule has 2 aromatic carbocycles. The molecule has 0 fully saturated rings. The minimum Gasteiger partial charge on any atom is -0.468 e. The first-order valence-electron chi connectivity index (χ1n) is 7.68. The molecule has 0 spiro atoms. The number of aryl methyl sites for hydroxylation is 1. The van der Waals surface area contributed by atoms with Crippen molar-refractivity contribution in [3.05, 3.63) is 58.6 Å². The van der Waals surface area contributed by atoms with Gasteiger partial charge in [0.25, 0.3) is 5.91 Å². The fraction of sp³-hybridized carbons (Fsp3) is 0.167. The Morgan fingerprint density at radius 2 is 1.62 bits per heavy atom. The van der Waals surface area contributed by atoms with Gasteiger partial charge in [-0.2, -0.15) is 0 Å². The molecule has 2 rings (SSSR count). The van der Waals surface area contributed by atoms with E-state index in [9.17, 15) is 14.4 Å². The van der Waals surface area contributed by atoms with Gasteiger partial charge < -0.3 is 20.7 Å². The van der Waals surface area contributed by atoms with Crippen molar-refractivity contribution >= 4 is 40.9 Å². The van der Waals surface area contributed by atoms with Crippen molar-refractivity contribution in [3.63, 3.8) is 0 Å². The van der Waals surface area contributed by atoms with E-state index in [2.05, 4.69) is 20.7 Å². The highest BCUT2D eigenvalue weighted by Crippen LogP contribution is 2.20. The Balaban J connectivity index is 1.91. The lowest BCUT2D eigenvalue weighted by molar-refractivity contribution is -0.139. The third-order valence-electron chi connectivity index (χ3n) is 3.46. The molecule has 0 aliphatic heterocycles. The number of hydrogen-bond acceptors (Lipinski definition) is 4. The number of anilines is 2. The van der Waals surface area contributed by atoms with E-state index in [0.717, 1.165) is 5.56 Å². The Hall–Kier alpha value is -3.06. The van der Waals surface area contributed by atoms with Gasteiger partial charge in [0.1, 0.15) is 6.54 Å². The SMILES string of the molecule is COC(=O)CNC(=O)c1ccc(NC(=O)Nc2ccc(C)c(Cl)c2)cc1. The molecule has 0 saturated heterocycles. The van der Waals surface area contributed by atoms with Gasteiger partial charge >= 0.3 is 12.0 Å². The highest BCUT2D eigenvalue weighted by molar-refractivity contribution is 6.31. The Morgan fingerprint density at radius 3 is 2.23 bits per heavy atom. The number of benzene rings is 2. The molecular weight excluding hydrogens is 358 g/mol. The lowest BCUT2D eigenvalue weighted by Gasteiger charge is -2.09. The van der Waals surface area contributed by atoms with E-state index in [0.29, 0.717) is 22.0 Å². The van der Waals surface area contributed by atoms with Crippen LogP contribution in [0, 0.1) is 6.92 Å². The van der Waals surface area contributed by atoms with Crippen LogP contribution in [0.25, 0.3) is 0 Å². The Kier molecular flexibility index (Phi) is 6.57. The molecule has 7 nitrogen and oxygen atoms in total. The summed E-state index contributed by atoms with van der Waals surface area (Å²) in [5.74, 6) is -0.954. The third-order valence-corrected chi connectivity index (χ3v) is 3.86. The van der Waals surface area contributed by atoms with Crippen molar-refractivity contribution in [2.45, 2.75) is 6.92 Å². The zero-order valence-corrected chi connectivity index (χ0v) is 15.0. The first-order chi connectivity index (χ1) is 12.4. The first kappa shape index (κ1) is 19.3. The normalized spacial score (nSPS) is 9.96. The molecule has 3 N–H and O–H groups in total. The van der Waals surface area contributed by atoms with Gasteiger partial charge in [-0.25, -0.2) is 4.79 Å². The molecule has 26 heavy (non-hydrogen) atoms. The zero-order valence-electron chi connectivity index (χ0n) is 14.3. The van der Waals surface area contributed by atoms with Crippen LogP contribution in [0.1, 0.15) is 15.9 Å². The van der Waals surface area contributed by atoms with Crippen molar-refractivity contribution in [1.29, 1.82) is 0 Å². The number of ether oxygens (including phenoxy) is 1. The number of nitrogens with one attached hydrogen (secondary N) is 3. The van der Waals surface area contributed by atoms with Gasteiger partial charge in [-0.15, -0.1) is 0 Å². The average molecular weight is 376 g/mol. The number of methoxy groups -OCH3 is 1. The van der Waals surface area contributed by atoms with Crippen LogP contribution < -0.4 is 16.0 Å². The van der Waals surface area contributed by atoms with Crippen molar-refractivity contribution in [2.75, 3.05) is 24.3 Å². The second-order valence-corrected chi connectivity index (χ2v) is 5.79. The van der Waals surface area contributed by atoms with Crippen LogP contribution >= 0.6 is 11.6 Å². The van der Waals surface area contributed by atoms with Crippen molar-refractivity contribution in [2.24, 2.45) is 0 Å². The molecular formula is C18H18ClN3O4. The maximum absolute atomic E-state index is 12.0. The molecule has 0 aromatic heterocycles. The summed E-state index contributed by atoms with van der Waals surface area (Å²) in [4.78, 5) is 34.9. The van der Waals surface area contributed by atoms with E-state index in [1.54, 1.807) is 30.3 Å². The fourth-order valence-corrected chi connectivity index (χ4v) is 2.18. The van der Waals surface area contributed by atoms with Crippen LogP contribution in [0.4, 0.5) is 16.2 Å². The third kappa shape index (κ3) is 5.49. The minimum atomic E-state index is -0.537. The van der Waals surface area contributed by atoms with Crippen molar-refractivity contribution in [1.82, 2.24) is 5.32 Å². The highest BCUT2D eigenvalue weighted by Gasteiger charge is 2.09. The summed E-state index contributed by atoms with van der Waals surface area (Å²) in [6.07, 6.45) is 0. The van der Waals surface area contributed by atoms with Crippen LogP contribution in [-0.4, -0.2) is 31.6 Å². The number of carbonyl (C=O) groups excluding carboxylic acids is 3. The molecule has 0 aliphatic carbocycles. The molecule has 8 heteroatoms. The molecule has 136 valence electrons. The van der Waals surface area contributed by atoms with E-state index < -0.39 is 17.9 Å². The van der Waals surface area contributed by atoms with Gasteiger partial charge in [-0.3, -0.25) is 9.59 Å². The topological polar surface area (TPSA) is 96.5 Å². The Labute approximate surface area is 155 Å². The number of urea groups is 1. The van der Waals surface area contributed by atoms with E-state index in [-0.39, 0.29) is 6.54 Å². The fourth-order valence-electron chi connectivity index (χ4n) is 2.00. The van der Waals surface area contributed by atoms with Crippen molar-refractivity contribution < 1.29 is 19.1 Å². The van der Waals surface area contributed by atoms with Gasteiger partial charge in [0.05, 0.1) is 7.11 Å². The second-order valence-electron chi connectivity index (χ2n) is 5.38. The Bertz CT molecular complexity index is 822. The van der Waals surface area contributed by atoms with Gasteiger partial charge in [-0.05, 0) is 48.9 Å². The van der Waals surface area contributed by atoms with Crippen LogP contribution in [0.2, 0.25) is 5.02 Å². The summed E-state index contributed by atoms with van der Waals surface area (Å²) in [6, 6.07) is 11.0. The summed E-state index contributed by atoms with van der Waals surface area (Å²) in [5, 5.41) is 8.31. The van der Waals surface area contributed by atoms with Crippen LogP contribution in [0.3, 0.4) is 0 Å². The quantitative estimate of drug-likeness (QED) is 0.699. The Morgan fingerprint density at radius 1 is 1.00 bits per heavy atom. The van der Waals surface area contributed by atoms with Gasteiger partial charge in [-0.1, -0.05) is 17.7 Å². The predicted octanol–water partition coefficient (Wildman–Crippen LogP) is 3.20. The standard InChI is InChI=1S/C18H18ClN3O4/c1-11-3-6-14(9-15(11)19)22-18(25)21-13-7-4-12(5-8-13)17(24)20-10-16(23)26-2/h3-9H,10H2,1-2H3,(H,20,24)(H2,21,22,25). The molecule has 0 unspecified atom stereocenters. The lowest BCUT2D eigenvalue weighted by atomic mass is 10.2. The second kappa shape index (κ2) is 8.87. The molecule has 0 atom stereocenters. The lowest BCUT2D eigenvalue weighted by Crippen LogP contribution is -2.30.